The van der Waals surface area contributed by atoms with Crippen LogP contribution >= 0.6 is 0 Å². The van der Waals surface area contributed by atoms with Gasteiger partial charge < -0.3 is 20.2 Å². The number of benzene rings is 1. The first-order valence-electron chi connectivity index (χ1n) is 5.95. The Hall–Kier alpha value is -1.94. The van der Waals surface area contributed by atoms with Crippen LogP contribution in [0.3, 0.4) is 0 Å². The molecule has 96 valence electrons. The second-order valence-electron chi connectivity index (χ2n) is 4.07. The van der Waals surface area contributed by atoms with Crippen molar-refractivity contribution >= 4 is 5.69 Å². The van der Waals surface area contributed by atoms with Gasteiger partial charge >= 0.3 is 0 Å². The molecule has 0 amide bonds. The van der Waals surface area contributed by atoms with E-state index in [1.165, 1.54) is 0 Å². The maximum Gasteiger partial charge on any atom is 0.119 e. The van der Waals surface area contributed by atoms with E-state index in [0.29, 0.717) is 0 Å². The van der Waals surface area contributed by atoms with Crippen LogP contribution in [0.4, 0.5) is 5.69 Å². The van der Waals surface area contributed by atoms with Crippen molar-refractivity contribution in [2.45, 2.75) is 13.0 Å². The molecule has 0 aliphatic carbocycles. The average Bonchev–Trinajstić information content (AvgIpc) is 2.89. The zero-order valence-corrected chi connectivity index (χ0v) is 10.5. The Balaban J connectivity index is 1.82. The van der Waals surface area contributed by atoms with Crippen molar-refractivity contribution in [3.05, 3.63) is 47.9 Å². The third-order valence-electron chi connectivity index (χ3n) is 2.79. The van der Waals surface area contributed by atoms with Crippen molar-refractivity contribution in [1.29, 1.82) is 0 Å². The van der Waals surface area contributed by atoms with Crippen LogP contribution < -0.4 is 15.8 Å². The van der Waals surface area contributed by atoms with Crippen molar-refractivity contribution in [2.24, 2.45) is 0 Å². The molecule has 18 heavy (non-hydrogen) atoms. The second-order valence-corrected chi connectivity index (χ2v) is 4.07. The Morgan fingerprint density at radius 1 is 1.33 bits per heavy atom. The molecular weight excluding hydrogens is 228 g/mol. The fourth-order valence-electron chi connectivity index (χ4n) is 1.75. The van der Waals surface area contributed by atoms with Crippen LogP contribution in [0.2, 0.25) is 0 Å². The summed E-state index contributed by atoms with van der Waals surface area (Å²) in [4.78, 5) is 0. The Bertz CT molecular complexity index is 481. The van der Waals surface area contributed by atoms with Gasteiger partial charge in [-0.2, -0.15) is 0 Å². The molecule has 3 N–H and O–H groups in total. The SMILES string of the molecule is COc1ccc(N)c(CNCCc2ccco2)c1. The molecule has 0 saturated carbocycles. The first kappa shape index (κ1) is 12.5. The van der Waals surface area contributed by atoms with Gasteiger partial charge in [-0.1, -0.05) is 0 Å². The molecule has 0 saturated heterocycles. The van der Waals surface area contributed by atoms with Crippen LogP contribution in [-0.2, 0) is 13.0 Å². The number of hydrogen-bond donors (Lipinski definition) is 2. The largest absolute Gasteiger partial charge is 0.497 e. The minimum absolute atomic E-state index is 0.726. The molecule has 0 unspecified atom stereocenters. The minimum atomic E-state index is 0.726. The van der Waals surface area contributed by atoms with Gasteiger partial charge in [0.2, 0.25) is 0 Å². The van der Waals surface area contributed by atoms with Crippen LogP contribution in [0, 0.1) is 0 Å². The molecule has 1 aromatic carbocycles. The molecule has 4 heteroatoms. The highest BCUT2D eigenvalue weighted by atomic mass is 16.5. The van der Waals surface area contributed by atoms with E-state index in [0.717, 1.165) is 42.3 Å². The van der Waals surface area contributed by atoms with Crippen LogP contribution in [0.1, 0.15) is 11.3 Å². The number of ether oxygens (including phenoxy) is 1. The van der Waals surface area contributed by atoms with E-state index in [-0.39, 0.29) is 0 Å². The molecule has 0 aliphatic rings. The van der Waals surface area contributed by atoms with Gasteiger partial charge in [0.15, 0.2) is 0 Å². The van der Waals surface area contributed by atoms with Crippen molar-refractivity contribution in [2.75, 3.05) is 19.4 Å². The summed E-state index contributed by atoms with van der Waals surface area (Å²) in [6.45, 7) is 1.58. The molecule has 1 heterocycles. The number of nitrogen functional groups attached to an aromatic ring is 1. The first-order chi connectivity index (χ1) is 8.79. The monoisotopic (exact) mass is 246 g/mol. The normalized spacial score (nSPS) is 10.5. The van der Waals surface area contributed by atoms with Crippen LogP contribution in [0.15, 0.2) is 41.0 Å². The number of methoxy groups -OCH3 is 1. The molecule has 0 atom stereocenters. The lowest BCUT2D eigenvalue weighted by molar-refractivity contribution is 0.414. The molecular formula is C14H18N2O2. The highest BCUT2D eigenvalue weighted by Gasteiger charge is 2.01. The van der Waals surface area contributed by atoms with E-state index in [2.05, 4.69) is 5.32 Å². The van der Waals surface area contributed by atoms with Gasteiger partial charge in [-0.05, 0) is 35.9 Å². The van der Waals surface area contributed by atoms with Gasteiger partial charge in [-0.25, -0.2) is 0 Å². The Morgan fingerprint density at radius 2 is 2.22 bits per heavy atom. The lowest BCUT2D eigenvalue weighted by atomic mass is 10.1. The maximum atomic E-state index is 5.91. The van der Waals surface area contributed by atoms with Crippen LogP contribution in [0.5, 0.6) is 5.75 Å². The quantitative estimate of drug-likeness (QED) is 0.606. The lowest BCUT2D eigenvalue weighted by Gasteiger charge is -2.09. The summed E-state index contributed by atoms with van der Waals surface area (Å²) >= 11 is 0. The number of furan rings is 1. The lowest BCUT2D eigenvalue weighted by Crippen LogP contribution is -2.17. The van der Waals surface area contributed by atoms with Crippen LogP contribution in [0.25, 0.3) is 0 Å². The molecule has 0 radical (unpaired) electrons. The molecule has 2 aromatic rings. The molecule has 4 nitrogen and oxygen atoms in total. The summed E-state index contributed by atoms with van der Waals surface area (Å²) in [5.41, 5.74) is 7.74. The van der Waals surface area contributed by atoms with E-state index in [1.54, 1.807) is 13.4 Å². The molecule has 0 aliphatic heterocycles. The number of nitrogens with one attached hydrogen (secondary N) is 1. The number of hydrogen-bond acceptors (Lipinski definition) is 4. The van der Waals surface area contributed by atoms with Gasteiger partial charge in [0.1, 0.15) is 11.5 Å². The van der Waals surface area contributed by atoms with E-state index in [1.807, 2.05) is 30.3 Å². The standard InChI is InChI=1S/C14H18N2O2/c1-17-13-4-5-14(15)11(9-13)10-16-7-6-12-3-2-8-18-12/h2-5,8-9,16H,6-7,10,15H2,1H3. The Labute approximate surface area is 107 Å². The summed E-state index contributed by atoms with van der Waals surface area (Å²) in [5.74, 6) is 1.81. The van der Waals surface area contributed by atoms with Crippen molar-refractivity contribution in [3.63, 3.8) is 0 Å². The third kappa shape index (κ3) is 3.28. The van der Waals surface area contributed by atoms with Gasteiger partial charge in [0.05, 0.1) is 13.4 Å². The minimum Gasteiger partial charge on any atom is -0.497 e. The number of nitrogens with two attached hydrogens (primary N) is 1. The Kier molecular flexibility index (Phi) is 4.25. The predicted octanol–water partition coefficient (Wildman–Crippen LogP) is 2.20. The van der Waals surface area contributed by atoms with E-state index < -0.39 is 0 Å². The highest BCUT2D eigenvalue weighted by molar-refractivity contribution is 5.50. The van der Waals surface area contributed by atoms with Gasteiger partial charge in [0, 0.05) is 25.2 Å². The van der Waals surface area contributed by atoms with Gasteiger partial charge in [0.25, 0.3) is 0 Å². The fraction of sp³-hybridized carbons (Fsp3) is 0.286. The van der Waals surface area contributed by atoms with Crippen LogP contribution in [-0.4, -0.2) is 13.7 Å². The summed E-state index contributed by atoms with van der Waals surface area (Å²) < 4.78 is 10.4. The van der Waals surface area contributed by atoms with Crippen molar-refractivity contribution in [3.8, 4) is 5.75 Å². The smallest absolute Gasteiger partial charge is 0.119 e. The summed E-state index contributed by atoms with van der Waals surface area (Å²) in [6.07, 6.45) is 2.56. The third-order valence-corrected chi connectivity index (χ3v) is 2.79. The van der Waals surface area contributed by atoms with Gasteiger partial charge in [-0.15, -0.1) is 0 Å². The summed E-state index contributed by atoms with van der Waals surface area (Å²) in [5, 5.41) is 3.34. The molecule has 1 aromatic heterocycles. The first-order valence-corrected chi connectivity index (χ1v) is 5.95. The molecule has 2 rings (SSSR count). The Morgan fingerprint density at radius 3 is 2.94 bits per heavy atom. The average molecular weight is 246 g/mol. The number of rotatable bonds is 6. The molecule has 0 bridgehead atoms. The zero-order valence-electron chi connectivity index (χ0n) is 10.5. The van der Waals surface area contributed by atoms with E-state index >= 15 is 0 Å². The van der Waals surface area contributed by atoms with Gasteiger partial charge in [-0.3, -0.25) is 0 Å². The number of anilines is 1. The van der Waals surface area contributed by atoms with Crippen molar-refractivity contribution < 1.29 is 9.15 Å². The summed E-state index contributed by atoms with van der Waals surface area (Å²) in [6, 6.07) is 9.55. The predicted molar refractivity (Wildman–Crippen MR) is 71.5 cm³/mol. The molecule has 0 fully saturated rings. The zero-order chi connectivity index (χ0) is 12.8. The second kappa shape index (κ2) is 6.12. The summed E-state index contributed by atoms with van der Waals surface area (Å²) in [7, 11) is 1.65. The molecule has 0 spiro atoms. The highest BCUT2D eigenvalue weighted by Crippen LogP contribution is 2.19. The maximum absolute atomic E-state index is 5.91. The van der Waals surface area contributed by atoms with E-state index in [4.69, 9.17) is 14.9 Å². The van der Waals surface area contributed by atoms with E-state index in [9.17, 15) is 0 Å². The topological polar surface area (TPSA) is 60.4 Å². The van der Waals surface area contributed by atoms with Crippen molar-refractivity contribution in [1.82, 2.24) is 5.32 Å². The fourth-order valence-corrected chi connectivity index (χ4v) is 1.75.